The van der Waals surface area contributed by atoms with Gasteiger partial charge in [-0.15, -0.1) is 0 Å². The van der Waals surface area contributed by atoms with E-state index in [2.05, 4.69) is 10.3 Å². The van der Waals surface area contributed by atoms with Gasteiger partial charge >= 0.3 is 6.03 Å². The Kier molecular flexibility index (Phi) is 5.04. The molecule has 8 nitrogen and oxygen atoms in total. The van der Waals surface area contributed by atoms with Crippen LogP contribution in [0.1, 0.15) is 51.5 Å². The van der Waals surface area contributed by atoms with Crippen LogP contribution in [0, 0.1) is 13.8 Å². The van der Waals surface area contributed by atoms with Gasteiger partial charge in [-0.2, -0.15) is 0 Å². The minimum absolute atomic E-state index is 0.155. The van der Waals surface area contributed by atoms with Crippen LogP contribution in [0.15, 0.2) is 24.3 Å². The number of amides is 3. The molecule has 152 valence electrons. The van der Waals surface area contributed by atoms with Crippen molar-refractivity contribution in [2.75, 3.05) is 13.7 Å². The maximum Gasteiger partial charge on any atom is 0.325 e. The van der Waals surface area contributed by atoms with Crippen molar-refractivity contribution in [2.45, 2.75) is 33.2 Å². The van der Waals surface area contributed by atoms with Crippen molar-refractivity contribution in [3.8, 4) is 5.75 Å². The summed E-state index contributed by atoms with van der Waals surface area (Å²) >= 11 is 0. The first-order valence-electron chi connectivity index (χ1n) is 9.12. The van der Waals surface area contributed by atoms with Gasteiger partial charge in [-0.3, -0.25) is 19.3 Å². The Morgan fingerprint density at radius 3 is 2.28 bits per heavy atom. The number of carbonyl (C=O) groups is 4. The van der Waals surface area contributed by atoms with Gasteiger partial charge < -0.3 is 15.0 Å². The molecule has 3 amide bonds. The molecule has 0 spiro atoms. The van der Waals surface area contributed by atoms with Crippen molar-refractivity contribution in [3.63, 3.8) is 0 Å². The molecule has 0 bridgehead atoms. The SMILES string of the molecule is COc1ccc([C@]2(C)NC(=O)N(CC(=O)c3[nH]c(C)c(C(C)=O)c3C)C2=O)cc1. The number of hydrogen-bond acceptors (Lipinski definition) is 5. The molecule has 29 heavy (non-hydrogen) atoms. The molecule has 2 heterocycles. The maximum atomic E-state index is 13.0. The van der Waals surface area contributed by atoms with Crippen molar-refractivity contribution in [1.82, 2.24) is 15.2 Å². The van der Waals surface area contributed by atoms with Gasteiger partial charge in [0.05, 0.1) is 19.3 Å². The van der Waals surface area contributed by atoms with Gasteiger partial charge in [0.15, 0.2) is 11.6 Å². The number of rotatable bonds is 6. The van der Waals surface area contributed by atoms with Crippen molar-refractivity contribution in [2.24, 2.45) is 0 Å². The van der Waals surface area contributed by atoms with Crippen LogP contribution in [0.4, 0.5) is 4.79 Å². The van der Waals surface area contributed by atoms with Gasteiger partial charge in [-0.1, -0.05) is 12.1 Å². The molecule has 1 aromatic carbocycles. The highest BCUT2D eigenvalue weighted by Crippen LogP contribution is 2.30. The van der Waals surface area contributed by atoms with E-state index in [0.717, 1.165) is 4.90 Å². The summed E-state index contributed by atoms with van der Waals surface area (Å²) in [7, 11) is 1.54. The van der Waals surface area contributed by atoms with E-state index < -0.39 is 29.8 Å². The van der Waals surface area contributed by atoms with Crippen LogP contribution in [0.3, 0.4) is 0 Å². The van der Waals surface area contributed by atoms with E-state index in [1.807, 2.05) is 0 Å². The summed E-state index contributed by atoms with van der Waals surface area (Å²) in [5, 5.41) is 2.67. The molecule has 1 aliphatic heterocycles. The Bertz CT molecular complexity index is 1020. The number of benzene rings is 1. The van der Waals surface area contributed by atoms with Crippen LogP contribution in [0.5, 0.6) is 5.75 Å². The van der Waals surface area contributed by atoms with Gasteiger partial charge in [0.25, 0.3) is 5.91 Å². The summed E-state index contributed by atoms with van der Waals surface area (Å²) in [4.78, 5) is 53.9. The van der Waals surface area contributed by atoms with Gasteiger partial charge in [0, 0.05) is 11.3 Å². The summed E-state index contributed by atoms with van der Waals surface area (Å²) in [5.41, 5.74) is 1.08. The number of hydrogen-bond donors (Lipinski definition) is 2. The molecule has 1 aliphatic rings. The number of carbonyl (C=O) groups excluding carboxylic acids is 4. The second kappa shape index (κ2) is 7.20. The quantitative estimate of drug-likeness (QED) is 0.575. The van der Waals surface area contributed by atoms with Gasteiger partial charge in [0.1, 0.15) is 11.3 Å². The number of nitrogens with zero attached hydrogens (tertiary/aromatic N) is 1. The van der Waals surface area contributed by atoms with E-state index in [1.54, 1.807) is 45.0 Å². The van der Waals surface area contributed by atoms with Gasteiger partial charge in [-0.25, -0.2) is 4.79 Å². The number of ketones is 2. The Hall–Kier alpha value is -3.42. The molecule has 8 heteroatoms. The number of methoxy groups -OCH3 is 1. The first-order valence-corrected chi connectivity index (χ1v) is 9.12. The molecule has 1 fully saturated rings. The number of nitrogens with one attached hydrogen (secondary N) is 2. The number of urea groups is 1. The van der Waals surface area contributed by atoms with Crippen LogP contribution in [0.25, 0.3) is 0 Å². The van der Waals surface area contributed by atoms with Gasteiger partial charge in [-0.05, 0) is 51.0 Å². The number of H-pyrrole nitrogens is 1. The molecule has 2 aromatic rings. The van der Waals surface area contributed by atoms with E-state index in [0.29, 0.717) is 28.1 Å². The van der Waals surface area contributed by atoms with E-state index >= 15 is 0 Å². The van der Waals surface area contributed by atoms with Crippen molar-refractivity contribution >= 4 is 23.5 Å². The highest BCUT2D eigenvalue weighted by Gasteiger charge is 2.49. The monoisotopic (exact) mass is 397 g/mol. The molecule has 0 saturated carbocycles. The molecule has 0 unspecified atom stereocenters. The van der Waals surface area contributed by atoms with Crippen molar-refractivity contribution in [1.29, 1.82) is 0 Å². The van der Waals surface area contributed by atoms with Crippen LogP contribution in [0.2, 0.25) is 0 Å². The molecule has 0 radical (unpaired) electrons. The zero-order valence-corrected chi connectivity index (χ0v) is 17.0. The molecule has 3 rings (SSSR count). The minimum atomic E-state index is -1.28. The summed E-state index contributed by atoms with van der Waals surface area (Å²) in [6.45, 7) is 5.97. The average Bonchev–Trinajstić information content (AvgIpc) is 3.09. The van der Waals surface area contributed by atoms with E-state index in [4.69, 9.17) is 4.74 Å². The number of aromatic nitrogens is 1. The van der Waals surface area contributed by atoms with Crippen molar-refractivity contribution in [3.05, 3.63) is 52.3 Å². The number of Topliss-reactive ketones (excluding diaryl/α,β-unsaturated/α-hetero) is 2. The molecular weight excluding hydrogens is 374 g/mol. The highest BCUT2D eigenvalue weighted by molar-refractivity contribution is 6.12. The molecular formula is C21H23N3O5. The van der Waals surface area contributed by atoms with Crippen LogP contribution >= 0.6 is 0 Å². The first kappa shape index (κ1) is 20.3. The summed E-state index contributed by atoms with van der Waals surface area (Å²) in [6.07, 6.45) is 0. The summed E-state index contributed by atoms with van der Waals surface area (Å²) < 4.78 is 5.12. The molecule has 1 aromatic heterocycles. The zero-order chi connectivity index (χ0) is 21.5. The number of aryl methyl sites for hydroxylation is 1. The zero-order valence-electron chi connectivity index (χ0n) is 17.0. The Balaban J connectivity index is 1.86. The first-order chi connectivity index (χ1) is 13.6. The third kappa shape index (κ3) is 3.30. The fourth-order valence-electron chi connectivity index (χ4n) is 3.74. The lowest BCUT2D eigenvalue weighted by molar-refractivity contribution is -0.130. The molecule has 0 aliphatic carbocycles. The van der Waals surface area contributed by atoms with Crippen molar-refractivity contribution < 1.29 is 23.9 Å². The number of aromatic amines is 1. The normalized spacial score (nSPS) is 18.7. The maximum absolute atomic E-state index is 13.0. The van der Waals surface area contributed by atoms with Crippen LogP contribution in [-0.2, 0) is 10.3 Å². The highest BCUT2D eigenvalue weighted by atomic mass is 16.5. The van der Waals surface area contributed by atoms with Crippen LogP contribution < -0.4 is 10.1 Å². The smallest absolute Gasteiger partial charge is 0.325 e. The molecule has 1 saturated heterocycles. The lowest BCUT2D eigenvalue weighted by Crippen LogP contribution is -2.41. The third-order valence-electron chi connectivity index (χ3n) is 5.31. The molecule has 2 N–H and O–H groups in total. The average molecular weight is 397 g/mol. The van der Waals surface area contributed by atoms with E-state index in [1.165, 1.54) is 14.0 Å². The standard InChI is InChI=1S/C21H23N3O5/c1-11-17(13(3)25)12(2)22-18(11)16(26)10-24-19(27)21(4,23-20(24)28)14-6-8-15(29-5)9-7-14/h6-9,22H,10H2,1-5H3,(H,23,28)/t21-/m0/s1. The Labute approximate surface area is 168 Å². The second-order valence-corrected chi connectivity index (χ2v) is 7.28. The largest absolute Gasteiger partial charge is 0.497 e. The van der Waals surface area contributed by atoms with E-state index in [-0.39, 0.29) is 11.5 Å². The predicted molar refractivity (Wildman–Crippen MR) is 105 cm³/mol. The van der Waals surface area contributed by atoms with Crippen LogP contribution in [-0.4, -0.2) is 47.0 Å². The van der Waals surface area contributed by atoms with E-state index in [9.17, 15) is 19.2 Å². The Morgan fingerprint density at radius 2 is 1.76 bits per heavy atom. The van der Waals surface area contributed by atoms with Gasteiger partial charge in [0.2, 0.25) is 0 Å². The second-order valence-electron chi connectivity index (χ2n) is 7.28. The fourth-order valence-corrected chi connectivity index (χ4v) is 3.74. The fraction of sp³-hybridized carbons (Fsp3) is 0.333. The number of imide groups is 1. The number of ether oxygens (including phenoxy) is 1. The minimum Gasteiger partial charge on any atom is -0.497 e. The topological polar surface area (TPSA) is 109 Å². The summed E-state index contributed by atoms with van der Waals surface area (Å²) in [5.74, 6) is -0.494. The third-order valence-corrected chi connectivity index (χ3v) is 5.31. The lowest BCUT2D eigenvalue weighted by Gasteiger charge is -2.22. The predicted octanol–water partition coefficient (Wildman–Crippen LogP) is 2.49. The lowest BCUT2D eigenvalue weighted by atomic mass is 9.92. The summed E-state index contributed by atoms with van der Waals surface area (Å²) in [6, 6.07) is 6.14. The Morgan fingerprint density at radius 1 is 1.14 bits per heavy atom. The molecule has 1 atom stereocenters.